The summed E-state index contributed by atoms with van der Waals surface area (Å²) in [5, 5.41) is 2.98. The van der Waals surface area contributed by atoms with Crippen molar-refractivity contribution in [3.05, 3.63) is 59.9 Å². The SMILES string of the molecule is COc1cccc(C(=O)NCCc2nc3ccccc3n2CCN(C)C)c1. The topological polar surface area (TPSA) is 59.4 Å². The lowest BCUT2D eigenvalue weighted by atomic mass is 10.2. The summed E-state index contributed by atoms with van der Waals surface area (Å²) < 4.78 is 7.42. The number of amides is 1. The van der Waals surface area contributed by atoms with Crippen molar-refractivity contribution in [2.24, 2.45) is 0 Å². The number of likely N-dealkylation sites (N-methyl/N-ethyl adjacent to an activating group) is 1. The zero-order chi connectivity index (χ0) is 19.2. The van der Waals surface area contributed by atoms with Crippen LogP contribution in [-0.2, 0) is 13.0 Å². The minimum Gasteiger partial charge on any atom is -0.497 e. The number of fused-ring (bicyclic) bond motifs is 1. The number of hydrogen-bond donors (Lipinski definition) is 1. The van der Waals surface area contributed by atoms with Gasteiger partial charge in [-0.1, -0.05) is 18.2 Å². The third kappa shape index (κ3) is 4.65. The summed E-state index contributed by atoms with van der Waals surface area (Å²) in [6, 6.07) is 15.3. The van der Waals surface area contributed by atoms with Crippen LogP contribution in [0.25, 0.3) is 11.0 Å². The van der Waals surface area contributed by atoms with Gasteiger partial charge in [0.15, 0.2) is 0 Å². The van der Waals surface area contributed by atoms with E-state index in [1.54, 1.807) is 19.2 Å². The van der Waals surface area contributed by atoms with Gasteiger partial charge in [0.2, 0.25) is 0 Å². The predicted molar refractivity (Wildman–Crippen MR) is 107 cm³/mol. The molecule has 0 bridgehead atoms. The Kier molecular flexibility index (Phi) is 6.08. The molecule has 2 aromatic carbocycles. The van der Waals surface area contributed by atoms with Crippen molar-refractivity contribution in [3.63, 3.8) is 0 Å². The summed E-state index contributed by atoms with van der Waals surface area (Å²) in [5.74, 6) is 1.56. The van der Waals surface area contributed by atoms with E-state index in [1.165, 1.54) is 0 Å². The fourth-order valence-corrected chi connectivity index (χ4v) is 3.02. The van der Waals surface area contributed by atoms with E-state index in [0.717, 1.165) is 29.9 Å². The van der Waals surface area contributed by atoms with Gasteiger partial charge in [-0.3, -0.25) is 4.79 Å². The van der Waals surface area contributed by atoms with Gasteiger partial charge < -0.3 is 19.5 Å². The lowest BCUT2D eigenvalue weighted by Gasteiger charge is -2.13. The van der Waals surface area contributed by atoms with Crippen LogP contribution in [0.1, 0.15) is 16.2 Å². The van der Waals surface area contributed by atoms with Crippen LogP contribution in [0, 0.1) is 0 Å². The molecular weight excluding hydrogens is 340 g/mol. The molecule has 0 aliphatic heterocycles. The van der Waals surface area contributed by atoms with E-state index in [-0.39, 0.29) is 5.91 Å². The van der Waals surface area contributed by atoms with Gasteiger partial charge in [0, 0.05) is 31.6 Å². The lowest BCUT2D eigenvalue weighted by molar-refractivity contribution is 0.0953. The Morgan fingerprint density at radius 2 is 2.00 bits per heavy atom. The molecule has 0 radical (unpaired) electrons. The van der Waals surface area contributed by atoms with Crippen molar-refractivity contribution < 1.29 is 9.53 Å². The second kappa shape index (κ2) is 8.68. The molecule has 0 unspecified atom stereocenters. The van der Waals surface area contributed by atoms with Crippen LogP contribution >= 0.6 is 0 Å². The number of benzene rings is 2. The molecule has 1 N–H and O–H groups in total. The summed E-state index contributed by atoms with van der Waals surface area (Å²) in [6.07, 6.45) is 0.678. The van der Waals surface area contributed by atoms with Crippen molar-refractivity contribution in [2.45, 2.75) is 13.0 Å². The summed E-state index contributed by atoms with van der Waals surface area (Å²) in [7, 11) is 5.72. The zero-order valence-electron chi connectivity index (χ0n) is 16.1. The predicted octanol–water partition coefficient (Wildman–Crippen LogP) is 2.58. The van der Waals surface area contributed by atoms with Gasteiger partial charge in [-0.2, -0.15) is 0 Å². The minimum atomic E-state index is -0.107. The monoisotopic (exact) mass is 366 g/mol. The molecule has 6 nitrogen and oxygen atoms in total. The Morgan fingerprint density at radius 3 is 2.78 bits per heavy atom. The summed E-state index contributed by atoms with van der Waals surface area (Å²) in [6.45, 7) is 2.33. The van der Waals surface area contributed by atoms with Crippen LogP contribution in [0.4, 0.5) is 0 Å². The standard InChI is InChI=1S/C21H26N4O2/c1-24(2)13-14-25-19-10-5-4-9-18(19)23-20(25)11-12-22-21(26)16-7-6-8-17(15-16)27-3/h4-10,15H,11-14H2,1-3H3,(H,22,26). The van der Waals surface area contributed by atoms with E-state index in [2.05, 4.69) is 34.9 Å². The van der Waals surface area contributed by atoms with Gasteiger partial charge >= 0.3 is 0 Å². The molecule has 142 valence electrons. The fourth-order valence-electron chi connectivity index (χ4n) is 3.02. The molecule has 3 aromatic rings. The van der Waals surface area contributed by atoms with Crippen LogP contribution in [-0.4, -0.2) is 54.7 Å². The zero-order valence-corrected chi connectivity index (χ0v) is 16.1. The van der Waals surface area contributed by atoms with Gasteiger partial charge in [-0.05, 0) is 44.4 Å². The molecule has 0 saturated carbocycles. The van der Waals surface area contributed by atoms with Crippen molar-refractivity contribution in [1.29, 1.82) is 0 Å². The first-order chi connectivity index (χ1) is 13.1. The minimum absolute atomic E-state index is 0.107. The molecule has 0 aliphatic carbocycles. The van der Waals surface area contributed by atoms with Crippen LogP contribution in [0.15, 0.2) is 48.5 Å². The molecule has 0 saturated heterocycles. The van der Waals surface area contributed by atoms with E-state index in [9.17, 15) is 4.79 Å². The lowest BCUT2D eigenvalue weighted by Crippen LogP contribution is -2.27. The Morgan fingerprint density at radius 1 is 1.19 bits per heavy atom. The van der Waals surface area contributed by atoms with Crippen LogP contribution < -0.4 is 10.1 Å². The van der Waals surface area contributed by atoms with Crippen LogP contribution in [0.2, 0.25) is 0 Å². The third-order valence-electron chi connectivity index (χ3n) is 4.47. The number of imidazole rings is 1. The molecule has 1 heterocycles. The van der Waals surface area contributed by atoms with E-state index in [0.29, 0.717) is 24.3 Å². The maximum absolute atomic E-state index is 12.4. The quantitative estimate of drug-likeness (QED) is 0.666. The number of nitrogens with zero attached hydrogens (tertiary/aromatic N) is 3. The Labute approximate surface area is 159 Å². The number of ether oxygens (including phenoxy) is 1. The number of carbonyl (C=O) groups is 1. The van der Waals surface area contributed by atoms with Crippen molar-refractivity contribution in [1.82, 2.24) is 19.8 Å². The van der Waals surface area contributed by atoms with Crippen LogP contribution in [0.3, 0.4) is 0 Å². The number of carbonyl (C=O) groups excluding carboxylic acids is 1. The van der Waals surface area contributed by atoms with Crippen molar-refractivity contribution in [2.75, 3.05) is 34.3 Å². The first-order valence-electron chi connectivity index (χ1n) is 9.09. The molecule has 3 rings (SSSR count). The van der Waals surface area contributed by atoms with Gasteiger partial charge in [-0.25, -0.2) is 4.98 Å². The average molecular weight is 366 g/mol. The number of rotatable bonds is 8. The maximum atomic E-state index is 12.4. The van der Waals surface area contributed by atoms with E-state index in [1.807, 2.05) is 30.3 Å². The van der Waals surface area contributed by atoms with Gasteiger partial charge in [0.25, 0.3) is 5.91 Å². The highest BCUT2D eigenvalue weighted by molar-refractivity contribution is 5.94. The molecule has 0 spiro atoms. The highest BCUT2D eigenvalue weighted by Gasteiger charge is 2.12. The Hall–Kier alpha value is -2.86. The molecule has 27 heavy (non-hydrogen) atoms. The largest absolute Gasteiger partial charge is 0.497 e. The molecule has 0 fully saturated rings. The highest BCUT2D eigenvalue weighted by Crippen LogP contribution is 2.16. The molecule has 0 atom stereocenters. The van der Waals surface area contributed by atoms with Gasteiger partial charge in [0.05, 0.1) is 18.1 Å². The van der Waals surface area contributed by atoms with E-state index in [4.69, 9.17) is 9.72 Å². The van der Waals surface area contributed by atoms with E-state index >= 15 is 0 Å². The average Bonchev–Trinajstić information content (AvgIpc) is 3.03. The number of aromatic nitrogens is 2. The number of nitrogens with one attached hydrogen (secondary N) is 1. The molecular formula is C21H26N4O2. The molecule has 1 aromatic heterocycles. The maximum Gasteiger partial charge on any atom is 0.251 e. The Balaban J connectivity index is 1.69. The van der Waals surface area contributed by atoms with Gasteiger partial charge in [-0.15, -0.1) is 0 Å². The molecule has 0 aliphatic rings. The summed E-state index contributed by atoms with van der Waals surface area (Å²) in [4.78, 5) is 19.3. The Bertz CT molecular complexity index is 917. The van der Waals surface area contributed by atoms with Crippen LogP contribution in [0.5, 0.6) is 5.75 Å². The fraction of sp³-hybridized carbons (Fsp3) is 0.333. The number of methoxy groups -OCH3 is 1. The first-order valence-corrected chi connectivity index (χ1v) is 9.09. The van der Waals surface area contributed by atoms with Crippen molar-refractivity contribution >= 4 is 16.9 Å². The summed E-state index contributed by atoms with van der Waals surface area (Å²) >= 11 is 0. The number of hydrogen-bond acceptors (Lipinski definition) is 4. The van der Waals surface area contributed by atoms with Gasteiger partial charge in [0.1, 0.15) is 11.6 Å². The first kappa shape index (κ1) is 18.9. The highest BCUT2D eigenvalue weighted by atomic mass is 16.5. The smallest absolute Gasteiger partial charge is 0.251 e. The third-order valence-corrected chi connectivity index (χ3v) is 4.47. The summed E-state index contributed by atoms with van der Waals surface area (Å²) in [5.41, 5.74) is 2.72. The second-order valence-corrected chi connectivity index (χ2v) is 6.71. The molecule has 1 amide bonds. The normalized spacial score (nSPS) is 11.1. The van der Waals surface area contributed by atoms with E-state index < -0.39 is 0 Å². The van der Waals surface area contributed by atoms with Crippen molar-refractivity contribution in [3.8, 4) is 5.75 Å². The number of para-hydroxylation sites is 2. The molecule has 6 heteroatoms. The second-order valence-electron chi connectivity index (χ2n) is 6.71.